The minimum absolute atomic E-state index is 0.876. The van der Waals surface area contributed by atoms with Gasteiger partial charge in [-0.25, -0.2) is 0 Å². The van der Waals surface area contributed by atoms with Crippen LogP contribution in [0, 0.1) is 0 Å². The fourth-order valence-corrected chi connectivity index (χ4v) is 1.69. The lowest BCUT2D eigenvalue weighted by atomic mass is 10.2. The quantitative estimate of drug-likeness (QED) is 0.800. The van der Waals surface area contributed by atoms with E-state index in [2.05, 4.69) is 16.4 Å². The number of ether oxygens (including phenoxy) is 1. The summed E-state index contributed by atoms with van der Waals surface area (Å²) in [5.74, 6) is 0.876. The lowest BCUT2D eigenvalue weighted by Crippen LogP contribution is -1.99. The highest BCUT2D eigenvalue weighted by molar-refractivity contribution is 5.47. The summed E-state index contributed by atoms with van der Waals surface area (Å²) >= 11 is 0. The Morgan fingerprint density at radius 2 is 2.00 bits per heavy atom. The number of aromatic nitrogens is 1. The average Bonchev–Trinajstić information content (AvgIpc) is 2.49. The van der Waals surface area contributed by atoms with Crippen LogP contribution in [0.4, 0.5) is 5.69 Å². The fraction of sp³-hybridized carbons (Fsp3) is 0.188. The van der Waals surface area contributed by atoms with Gasteiger partial charge in [-0.3, -0.25) is 4.98 Å². The van der Waals surface area contributed by atoms with Crippen LogP contribution in [0.25, 0.3) is 6.08 Å². The highest BCUT2D eigenvalue weighted by atomic mass is 16.5. The number of hydrogen-bond donors (Lipinski definition) is 1. The summed E-state index contributed by atoms with van der Waals surface area (Å²) in [4.78, 5) is 4.23. The molecule has 3 nitrogen and oxygen atoms in total. The summed E-state index contributed by atoms with van der Waals surface area (Å²) in [7, 11) is 1.67. The van der Waals surface area contributed by atoms with Gasteiger partial charge in [0.05, 0.1) is 12.8 Å². The van der Waals surface area contributed by atoms with Crippen molar-refractivity contribution in [3.8, 4) is 5.75 Å². The van der Waals surface area contributed by atoms with E-state index in [4.69, 9.17) is 4.74 Å². The Labute approximate surface area is 114 Å². The van der Waals surface area contributed by atoms with Crippen molar-refractivity contribution in [1.29, 1.82) is 0 Å². The molecule has 0 aliphatic heterocycles. The zero-order chi connectivity index (χ0) is 13.3. The number of anilines is 1. The van der Waals surface area contributed by atoms with Gasteiger partial charge in [-0.15, -0.1) is 0 Å². The SMILES string of the molecule is COc1ccc(NCC/C=C/c2ccccn2)cc1. The van der Waals surface area contributed by atoms with E-state index in [1.165, 1.54) is 0 Å². The van der Waals surface area contributed by atoms with E-state index in [1.54, 1.807) is 13.3 Å². The van der Waals surface area contributed by atoms with Gasteiger partial charge in [-0.05, 0) is 48.9 Å². The van der Waals surface area contributed by atoms with Gasteiger partial charge in [-0.1, -0.05) is 12.1 Å². The Morgan fingerprint density at radius 3 is 2.68 bits per heavy atom. The molecular weight excluding hydrogens is 236 g/mol. The van der Waals surface area contributed by atoms with Crippen molar-refractivity contribution >= 4 is 11.8 Å². The predicted octanol–water partition coefficient (Wildman–Crippen LogP) is 3.61. The molecule has 0 aliphatic rings. The molecule has 1 aromatic carbocycles. The summed E-state index contributed by atoms with van der Waals surface area (Å²) in [6, 6.07) is 13.8. The molecule has 1 heterocycles. The molecule has 0 saturated carbocycles. The van der Waals surface area contributed by atoms with Crippen molar-refractivity contribution in [2.45, 2.75) is 6.42 Å². The van der Waals surface area contributed by atoms with Crippen LogP contribution >= 0.6 is 0 Å². The van der Waals surface area contributed by atoms with E-state index in [0.717, 1.165) is 30.1 Å². The third kappa shape index (κ3) is 4.47. The molecule has 0 radical (unpaired) electrons. The first-order chi connectivity index (χ1) is 9.38. The molecule has 2 rings (SSSR count). The Hall–Kier alpha value is -2.29. The standard InChI is InChI=1S/C16H18N2O/c1-19-16-10-8-15(9-11-16)18-13-5-3-7-14-6-2-4-12-17-14/h2-4,6-12,18H,5,13H2,1H3/b7-3+. The minimum Gasteiger partial charge on any atom is -0.497 e. The first kappa shape index (κ1) is 13.1. The predicted molar refractivity (Wildman–Crippen MR) is 79.4 cm³/mol. The lowest BCUT2D eigenvalue weighted by molar-refractivity contribution is 0.415. The summed E-state index contributed by atoms with van der Waals surface area (Å²) in [5.41, 5.74) is 2.10. The Morgan fingerprint density at radius 1 is 1.16 bits per heavy atom. The van der Waals surface area contributed by atoms with Gasteiger partial charge >= 0.3 is 0 Å². The van der Waals surface area contributed by atoms with Crippen molar-refractivity contribution in [2.75, 3.05) is 19.0 Å². The molecule has 19 heavy (non-hydrogen) atoms. The third-order valence-corrected chi connectivity index (χ3v) is 2.71. The van der Waals surface area contributed by atoms with Gasteiger partial charge in [0.25, 0.3) is 0 Å². The van der Waals surface area contributed by atoms with Gasteiger partial charge in [-0.2, -0.15) is 0 Å². The number of benzene rings is 1. The summed E-state index contributed by atoms with van der Waals surface area (Å²) < 4.78 is 5.12. The molecule has 0 aliphatic carbocycles. The number of nitrogens with one attached hydrogen (secondary N) is 1. The van der Waals surface area contributed by atoms with Gasteiger partial charge in [0.1, 0.15) is 5.75 Å². The van der Waals surface area contributed by atoms with Crippen LogP contribution < -0.4 is 10.1 Å². The zero-order valence-electron chi connectivity index (χ0n) is 11.0. The maximum atomic E-state index is 5.12. The van der Waals surface area contributed by atoms with Crippen molar-refractivity contribution in [3.63, 3.8) is 0 Å². The van der Waals surface area contributed by atoms with Crippen LogP contribution in [0.5, 0.6) is 5.75 Å². The van der Waals surface area contributed by atoms with E-state index in [0.29, 0.717) is 0 Å². The molecule has 3 heteroatoms. The Bertz CT molecular complexity index is 506. The fourth-order valence-electron chi connectivity index (χ4n) is 1.69. The van der Waals surface area contributed by atoms with E-state index in [9.17, 15) is 0 Å². The molecule has 0 fully saturated rings. The molecule has 1 aromatic heterocycles. The minimum atomic E-state index is 0.876. The molecule has 1 N–H and O–H groups in total. The topological polar surface area (TPSA) is 34.1 Å². The van der Waals surface area contributed by atoms with Crippen molar-refractivity contribution in [3.05, 3.63) is 60.4 Å². The molecule has 0 bridgehead atoms. The first-order valence-electron chi connectivity index (χ1n) is 6.34. The van der Waals surface area contributed by atoms with Crippen LogP contribution in [-0.4, -0.2) is 18.6 Å². The Kier molecular flexibility index (Phi) is 4.99. The maximum absolute atomic E-state index is 5.12. The van der Waals surface area contributed by atoms with E-state index >= 15 is 0 Å². The van der Waals surface area contributed by atoms with Crippen LogP contribution in [0.3, 0.4) is 0 Å². The lowest BCUT2D eigenvalue weighted by Gasteiger charge is -2.05. The number of rotatable bonds is 6. The molecule has 0 amide bonds. The first-order valence-corrected chi connectivity index (χ1v) is 6.34. The van der Waals surface area contributed by atoms with Crippen molar-refractivity contribution in [1.82, 2.24) is 4.98 Å². The number of nitrogens with zero attached hydrogens (tertiary/aromatic N) is 1. The molecule has 0 unspecified atom stereocenters. The van der Waals surface area contributed by atoms with E-state index < -0.39 is 0 Å². The van der Waals surface area contributed by atoms with E-state index in [1.807, 2.05) is 48.5 Å². The molecular formula is C16H18N2O. The van der Waals surface area contributed by atoms with Gasteiger partial charge in [0, 0.05) is 18.4 Å². The zero-order valence-corrected chi connectivity index (χ0v) is 11.0. The molecule has 2 aromatic rings. The summed E-state index contributed by atoms with van der Waals surface area (Å²) in [6.45, 7) is 0.898. The molecule has 0 spiro atoms. The van der Waals surface area contributed by atoms with Gasteiger partial charge in [0.15, 0.2) is 0 Å². The number of hydrogen-bond acceptors (Lipinski definition) is 3. The van der Waals surface area contributed by atoms with Crippen LogP contribution in [0.15, 0.2) is 54.7 Å². The molecule has 98 valence electrons. The summed E-state index contributed by atoms with van der Waals surface area (Å²) in [6.07, 6.45) is 6.92. The highest BCUT2D eigenvalue weighted by Gasteiger charge is 1.92. The second kappa shape index (κ2) is 7.21. The average molecular weight is 254 g/mol. The van der Waals surface area contributed by atoms with Crippen molar-refractivity contribution < 1.29 is 4.74 Å². The largest absolute Gasteiger partial charge is 0.497 e. The monoisotopic (exact) mass is 254 g/mol. The second-order valence-electron chi connectivity index (χ2n) is 4.10. The number of methoxy groups -OCH3 is 1. The number of pyridine rings is 1. The van der Waals surface area contributed by atoms with Gasteiger partial charge in [0.2, 0.25) is 0 Å². The highest BCUT2D eigenvalue weighted by Crippen LogP contribution is 2.14. The van der Waals surface area contributed by atoms with Crippen molar-refractivity contribution in [2.24, 2.45) is 0 Å². The van der Waals surface area contributed by atoms with Gasteiger partial charge < -0.3 is 10.1 Å². The third-order valence-electron chi connectivity index (χ3n) is 2.71. The maximum Gasteiger partial charge on any atom is 0.119 e. The second-order valence-corrected chi connectivity index (χ2v) is 4.10. The Balaban J connectivity index is 1.73. The van der Waals surface area contributed by atoms with Crippen LogP contribution in [0.1, 0.15) is 12.1 Å². The molecule has 0 atom stereocenters. The van der Waals surface area contributed by atoms with E-state index in [-0.39, 0.29) is 0 Å². The normalized spacial score (nSPS) is 10.6. The smallest absolute Gasteiger partial charge is 0.119 e. The molecule has 0 saturated heterocycles. The summed E-state index contributed by atoms with van der Waals surface area (Å²) in [5, 5.41) is 3.36. The van der Waals surface area contributed by atoms with Crippen LogP contribution in [0.2, 0.25) is 0 Å². The van der Waals surface area contributed by atoms with Crippen LogP contribution in [-0.2, 0) is 0 Å².